The molecule has 12 heteroatoms. The Kier molecular flexibility index (Phi) is 12.5. The van der Waals surface area contributed by atoms with Crippen LogP contribution in [0.1, 0.15) is 57.6 Å². The van der Waals surface area contributed by atoms with E-state index in [0.29, 0.717) is 51.3 Å². The van der Waals surface area contributed by atoms with Gasteiger partial charge in [0.1, 0.15) is 5.69 Å². The van der Waals surface area contributed by atoms with Crippen LogP contribution >= 0.6 is 0 Å². The molecule has 1 unspecified atom stereocenters. The van der Waals surface area contributed by atoms with Crippen molar-refractivity contribution in [1.29, 1.82) is 0 Å². The van der Waals surface area contributed by atoms with Gasteiger partial charge in [-0.15, -0.1) is 4.91 Å². The highest BCUT2D eigenvalue weighted by molar-refractivity contribution is 6.36. The standard InChI is InChI=1S/C42H53N7O5/c1-4-9-36(25-45-22-8-12-35(45)26-48-38(29(2)3)28-49(43)42(53)41(48)52)47-27-37(24-31-15-19-34(44-54)20-16-31)46(39(50)40(47)51)23-21-30-13-17-33(18-14-30)32-10-6-5-7-11-32/h5-7,10-11,13-20,29,35-38H,4,8-9,12,21-28,43H2,1-3H3/t35-,36?,37+,38+/m0/s1. The van der Waals surface area contributed by atoms with Crippen LogP contribution in [0.5, 0.6) is 0 Å². The van der Waals surface area contributed by atoms with E-state index in [1.165, 1.54) is 0 Å². The quantitative estimate of drug-likeness (QED) is 0.103. The lowest BCUT2D eigenvalue weighted by Crippen LogP contribution is -2.65. The molecule has 3 fully saturated rings. The number of amides is 4. The zero-order chi connectivity index (χ0) is 38.4. The van der Waals surface area contributed by atoms with Crippen molar-refractivity contribution in [3.8, 4) is 11.1 Å². The van der Waals surface area contributed by atoms with Gasteiger partial charge in [0.2, 0.25) is 0 Å². The van der Waals surface area contributed by atoms with Crippen molar-refractivity contribution in [2.45, 2.75) is 83.5 Å². The zero-order valence-electron chi connectivity index (χ0n) is 31.7. The summed E-state index contributed by atoms with van der Waals surface area (Å²) in [4.78, 5) is 72.7. The highest BCUT2D eigenvalue weighted by atomic mass is 16.3. The summed E-state index contributed by atoms with van der Waals surface area (Å²) in [6.07, 6.45) is 4.48. The van der Waals surface area contributed by atoms with Gasteiger partial charge in [0.25, 0.3) is 0 Å². The second-order valence-corrected chi connectivity index (χ2v) is 15.3. The van der Waals surface area contributed by atoms with Crippen LogP contribution in [0.15, 0.2) is 84.0 Å². The summed E-state index contributed by atoms with van der Waals surface area (Å²) < 4.78 is 0. The Morgan fingerprint density at radius 1 is 0.778 bits per heavy atom. The van der Waals surface area contributed by atoms with E-state index in [1.807, 2.05) is 44.2 Å². The minimum Gasteiger partial charge on any atom is -0.329 e. The largest absolute Gasteiger partial charge is 0.329 e. The van der Waals surface area contributed by atoms with Crippen LogP contribution in [0, 0.1) is 10.8 Å². The summed E-state index contributed by atoms with van der Waals surface area (Å²) in [6, 6.07) is 25.0. The molecule has 6 rings (SSSR count). The number of rotatable bonds is 15. The molecule has 54 heavy (non-hydrogen) atoms. The van der Waals surface area contributed by atoms with Gasteiger partial charge in [-0.3, -0.25) is 29.1 Å². The first-order valence-electron chi connectivity index (χ1n) is 19.4. The monoisotopic (exact) mass is 735 g/mol. The molecule has 0 spiro atoms. The van der Waals surface area contributed by atoms with Crippen LogP contribution in [0.25, 0.3) is 11.1 Å². The van der Waals surface area contributed by atoms with Gasteiger partial charge in [0.05, 0.1) is 18.6 Å². The van der Waals surface area contributed by atoms with Gasteiger partial charge in [0, 0.05) is 38.3 Å². The van der Waals surface area contributed by atoms with E-state index in [1.54, 1.807) is 26.8 Å². The Balaban J connectivity index is 1.19. The molecule has 0 saturated carbocycles. The van der Waals surface area contributed by atoms with Crippen molar-refractivity contribution in [2.24, 2.45) is 16.9 Å². The molecule has 0 aliphatic carbocycles. The fraction of sp³-hybridized carbons (Fsp3) is 0.476. The predicted octanol–water partition coefficient (Wildman–Crippen LogP) is 4.78. The second kappa shape index (κ2) is 17.5. The van der Waals surface area contributed by atoms with Crippen molar-refractivity contribution in [3.63, 3.8) is 0 Å². The number of nitroso groups, excluding NO2 is 1. The van der Waals surface area contributed by atoms with Crippen molar-refractivity contribution in [2.75, 3.05) is 39.3 Å². The van der Waals surface area contributed by atoms with Gasteiger partial charge < -0.3 is 14.7 Å². The lowest BCUT2D eigenvalue weighted by molar-refractivity contribution is -0.162. The van der Waals surface area contributed by atoms with Crippen LogP contribution in [0.4, 0.5) is 5.69 Å². The van der Waals surface area contributed by atoms with Gasteiger partial charge in [-0.25, -0.2) is 5.84 Å². The SMILES string of the molecule is CCCC(CN1CCC[C@H]1CN1C(=O)C(=O)N(N)C[C@@H]1C(C)C)N1C[C@@H](Cc2ccc(N=O)cc2)N(CCc2ccc(-c3ccccc3)cc2)C(=O)C1=O. The number of likely N-dealkylation sites (tertiary alicyclic amines) is 1. The molecular weight excluding hydrogens is 683 g/mol. The highest BCUT2D eigenvalue weighted by Gasteiger charge is 2.44. The molecule has 3 aliphatic heterocycles. The molecule has 0 aromatic heterocycles. The van der Waals surface area contributed by atoms with Gasteiger partial charge in [-0.1, -0.05) is 93.9 Å². The second-order valence-electron chi connectivity index (χ2n) is 15.3. The summed E-state index contributed by atoms with van der Waals surface area (Å²) in [6.45, 7) is 9.03. The molecule has 0 radical (unpaired) electrons. The number of nitrogens with two attached hydrogens (primary N) is 1. The van der Waals surface area contributed by atoms with E-state index in [-0.39, 0.29) is 30.1 Å². The maximum Gasteiger partial charge on any atom is 0.326 e. The van der Waals surface area contributed by atoms with Crippen LogP contribution in [0.2, 0.25) is 0 Å². The number of hydrogen-bond acceptors (Lipinski definition) is 8. The summed E-state index contributed by atoms with van der Waals surface area (Å²) in [5.41, 5.74) is 4.62. The molecule has 3 heterocycles. The van der Waals surface area contributed by atoms with Gasteiger partial charge in [0.15, 0.2) is 0 Å². The van der Waals surface area contributed by atoms with Crippen LogP contribution in [-0.4, -0.2) is 112 Å². The number of benzene rings is 3. The third kappa shape index (κ3) is 8.71. The number of piperazine rings is 2. The molecule has 2 N–H and O–H groups in total. The maximum atomic E-state index is 14.1. The lowest BCUT2D eigenvalue weighted by atomic mass is 9.97. The number of nitrogens with zero attached hydrogens (tertiary/aromatic N) is 6. The van der Waals surface area contributed by atoms with E-state index < -0.39 is 23.6 Å². The van der Waals surface area contributed by atoms with E-state index in [2.05, 4.69) is 53.4 Å². The van der Waals surface area contributed by atoms with Crippen molar-refractivity contribution in [1.82, 2.24) is 24.6 Å². The molecule has 4 amide bonds. The normalized spacial score (nSPS) is 21.8. The van der Waals surface area contributed by atoms with E-state index in [9.17, 15) is 24.1 Å². The van der Waals surface area contributed by atoms with E-state index >= 15 is 0 Å². The van der Waals surface area contributed by atoms with Gasteiger partial charge in [-0.2, -0.15) is 0 Å². The molecule has 12 nitrogen and oxygen atoms in total. The first-order valence-corrected chi connectivity index (χ1v) is 19.4. The Bertz CT molecular complexity index is 1780. The molecule has 286 valence electrons. The summed E-state index contributed by atoms with van der Waals surface area (Å²) in [5.74, 6) is 3.78. The summed E-state index contributed by atoms with van der Waals surface area (Å²) in [7, 11) is 0. The first-order chi connectivity index (χ1) is 26.1. The fourth-order valence-corrected chi connectivity index (χ4v) is 8.39. The molecular formula is C42H53N7O5. The Labute approximate surface area is 318 Å². The van der Waals surface area contributed by atoms with Crippen LogP contribution in [-0.2, 0) is 32.0 Å². The average Bonchev–Trinajstić information content (AvgIpc) is 3.62. The minimum absolute atomic E-state index is 0.0211. The number of hydrogen-bond donors (Lipinski definition) is 1. The zero-order valence-corrected chi connectivity index (χ0v) is 31.7. The fourth-order valence-electron chi connectivity index (χ4n) is 8.39. The molecule has 3 saturated heterocycles. The molecule has 3 aliphatic rings. The smallest absolute Gasteiger partial charge is 0.326 e. The van der Waals surface area contributed by atoms with E-state index in [4.69, 9.17) is 5.84 Å². The third-order valence-electron chi connectivity index (χ3n) is 11.4. The van der Waals surface area contributed by atoms with E-state index in [0.717, 1.165) is 59.5 Å². The van der Waals surface area contributed by atoms with Gasteiger partial charge in [-0.05, 0) is 84.1 Å². The molecule has 4 atom stereocenters. The molecule has 0 bridgehead atoms. The first kappa shape index (κ1) is 38.8. The third-order valence-corrected chi connectivity index (χ3v) is 11.4. The van der Waals surface area contributed by atoms with Crippen molar-refractivity contribution in [3.05, 3.63) is 94.9 Å². The van der Waals surface area contributed by atoms with Crippen LogP contribution in [0.3, 0.4) is 0 Å². The molecule has 3 aromatic rings. The summed E-state index contributed by atoms with van der Waals surface area (Å²) in [5, 5.41) is 4.07. The number of carbonyl (C=O) groups excluding carboxylic acids is 4. The van der Waals surface area contributed by atoms with Crippen LogP contribution < -0.4 is 5.84 Å². The Morgan fingerprint density at radius 2 is 1.44 bits per heavy atom. The average molecular weight is 736 g/mol. The number of hydrazine groups is 1. The lowest BCUT2D eigenvalue weighted by Gasteiger charge is -2.46. The topological polar surface area (TPSA) is 140 Å². The Hall–Kier alpha value is -4.94. The van der Waals surface area contributed by atoms with Crippen molar-refractivity contribution >= 4 is 29.3 Å². The Morgan fingerprint density at radius 3 is 2.11 bits per heavy atom. The predicted molar refractivity (Wildman–Crippen MR) is 208 cm³/mol. The number of carbonyl (C=O) groups is 4. The minimum atomic E-state index is -0.686. The van der Waals surface area contributed by atoms with Gasteiger partial charge >= 0.3 is 23.6 Å². The highest BCUT2D eigenvalue weighted by Crippen LogP contribution is 2.28. The van der Waals surface area contributed by atoms with Crippen molar-refractivity contribution < 1.29 is 19.2 Å². The summed E-state index contributed by atoms with van der Waals surface area (Å²) >= 11 is 0. The maximum absolute atomic E-state index is 14.1. The molecule has 3 aromatic carbocycles.